The molecule has 204 valence electrons. The number of ketones is 1. The molecule has 34 heavy (non-hydrogen) atoms. The fraction of sp³-hybridized carbons (Fsp3) is 0.963. The minimum atomic E-state index is -1.89. The van der Waals surface area contributed by atoms with Crippen LogP contribution in [0.3, 0.4) is 0 Å². The first-order valence-electron chi connectivity index (χ1n) is 14.1. The van der Waals surface area contributed by atoms with E-state index in [2.05, 4.69) is 6.92 Å². The molecule has 0 rings (SSSR count). The van der Waals surface area contributed by atoms with Gasteiger partial charge in [-0.1, -0.05) is 96.8 Å². The SMILES string of the molecule is CCCCCCCCCCCCCCCCCOCC(COP(O)OCC[NH+](C)C)CC(C)=O. The second-order valence-electron chi connectivity index (χ2n) is 10.1. The monoisotopic (exact) mass is 506 g/mol. The van der Waals surface area contributed by atoms with Crippen LogP contribution in [0.1, 0.15) is 117 Å². The third-order valence-corrected chi connectivity index (χ3v) is 6.82. The maximum absolute atomic E-state index is 11.5. The van der Waals surface area contributed by atoms with Gasteiger partial charge in [0, 0.05) is 18.9 Å². The highest BCUT2D eigenvalue weighted by Gasteiger charge is 2.16. The Morgan fingerprint density at radius 2 is 1.26 bits per heavy atom. The first-order chi connectivity index (χ1) is 16.5. The molecule has 7 heteroatoms. The quantitative estimate of drug-likeness (QED) is 0.108. The Morgan fingerprint density at radius 3 is 1.74 bits per heavy atom. The van der Waals surface area contributed by atoms with Crippen LogP contribution in [0.5, 0.6) is 0 Å². The lowest BCUT2D eigenvalue weighted by Crippen LogP contribution is -3.06. The molecule has 0 aliphatic heterocycles. The summed E-state index contributed by atoms with van der Waals surface area (Å²) in [5.41, 5.74) is 0. The molecular weight excluding hydrogens is 449 g/mol. The number of hydrogen-bond donors (Lipinski definition) is 2. The number of likely N-dealkylation sites (N-methyl/N-ethyl adjacent to an activating group) is 1. The zero-order valence-corrected chi connectivity index (χ0v) is 23.8. The van der Waals surface area contributed by atoms with Crippen LogP contribution in [0, 0.1) is 5.92 Å². The fourth-order valence-electron chi connectivity index (χ4n) is 3.93. The van der Waals surface area contributed by atoms with E-state index in [-0.39, 0.29) is 18.3 Å². The average molecular weight is 507 g/mol. The van der Waals surface area contributed by atoms with Crippen molar-refractivity contribution in [3.8, 4) is 0 Å². The summed E-state index contributed by atoms with van der Waals surface area (Å²) < 4.78 is 16.5. The molecule has 0 radical (unpaired) electrons. The molecule has 2 unspecified atom stereocenters. The molecule has 0 bridgehead atoms. The lowest BCUT2D eigenvalue weighted by Gasteiger charge is -2.18. The lowest BCUT2D eigenvalue weighted by atomic mass is 10.0. The number of hydrogen-bond acceptors (Lipinski definition) is 5. The smallest absolute Gasteiger partial charge is 0.330 e. The first kappa shape index (κ1) is 33.9. The molecule has 2 atom stereocenters. The predicted molar refractivity (Wildman–Crippen MR) is 143 cm³/mol. The van der Waals surface area contributed by atoms with Gasteiger partial charge in [0.25, 0.3) is 0 Å². The molecule has 0 aromatic rings. The van der Waals surface area contributed by atoms with Crippen molar-refractivity contribution < 1.29 is 28.4 Å². The van der Waals surface area contributed by atoms with E-state index < -0.39 is 8.60 Å². The van der Waals surface area contributed by atoms with Crippen molar-refractivity contribution in [2.24, 2.45) is 5.92 Å². The summed E-state index contributed by atoms with van der Waals surface area (Å²) in [5, 5.41) is 0. The molecule has 0 aliphatic carbocycles. The summed E-state index contributed by atoms with van der Waals surface area (Å²) in [4.78, 5) is 22.6. The van der Waals surface area contributed by atoms with Gasteiger partial charge in [-0.25, -0.2) is 0 Å². The highest BCUT2D eigenvalue weighted by Crippen LogP contribution is 2.33. The van der Waals surface area contributed by atoms with E-state index in [0.717, 1.165) is 19.6 Å². The Labute approximate surface area is 212 Å². The largest absolute Gasteiger partial charge is 0.381 e. The van der Waals surface area contributed by atoms with Gasteiger partial charge in [0.2, 0.25) is 0 Å². The Hall–Kier alpha value is -0.100. The van der Waals surface area contributed by atoms with E-state index in [1.54, 1.807) is 6.92 Å². The van der Waals surface area contributed by atoms with Gasteiger partial charge in [-0.2, -0.15) is 0 Å². The molecule has 0 aliphatic rings. The van der Waals surface area contributed by atoms with E-state index in [1.165, 1.54) is 94.8 Å². The van der Waals surface area contributed by atoms with Gasteiger partial charge in [-0.05, 0) is 13.3 Å². The molecule has 2 N–H and O–H groups in total. The highest BCUT2D eigenvalue weighted by molar-refractivity contribution is 7.40. The van der Waals surface area contributed by atoms with Crippen LogP contribution in [0.15, 0.2) is 0 Å². The van der Waals surface area contributed by atoms with Gasteiger partial charge in [0.1, 0.15) is 18.9 Å². The zero-order valence-electron chi connectivity index (χ0n) is 23.0. The second-order valence-corrected chi connectivity index (χ2v) is 11.1. The third kappa shape index (κ3) is 26.5. The number of carbonyl (C=O) groups is 1. The van der Waals surface area contributed by atoms with Crippen molar-refractivity contribution in [2.75, 3.05) is 47.1 Å². The second kappa shape index (κ2) is 26.0. The Balaban J connectivity index is 3.56. The van der Waals surface area contributed by atoms with Crippen molar-refractivity contribution in [3.63, 3.8) is 0 Å². The molecule has 0 saturated heterocycles. The molecule has 0 aromatic heterocycles. The topological polar surface area (TPSA) is 69.4 Å². The molecular formula is C27H57NO5P+. The number of unbranched alkanes of at least 4 members (excludes halogenated alkanes) is 14. The van der Waals surface area contributed by atoms with Crippen molar-refractivity contribution >= 4 is 14.4 Å². The van der Waals surface area contributed by atoms with Crippen LogP contribution >= 0.6 is 8.60 Å². The molecule has 0 heterocycles. The standard InChI is InChI=1S/C27H56NO5P/c1-5-6-7-8-9-10-11-12-13-14-15-16-17-18-19-21-31-24-27(23-26(2)29)25-33-34(30)32-22-20-28(3)4/h27,30H,5-25H2,1-4H3/p+1. The van der Waals surface area contributed by atoms with E-state index in [4.69, 9.17) is 13.8 Å². The van der Waals surface area contributed by atoms with Crippen LogP contribution in [0.4, 0.5) is 0 Å². The molecule has 0 spiro atoms. The minimum Gasteiger partial charge on any atom is -0.381 e. The van der Waals surface area contributed by atoms with Crippen molar-refractivity contribution in [1.29, 1.82) is 0 Å². The van der Waals surface area contributed by atoms with Crippen LogP contribution in [0.2, 0.25) is 0 Å². The molecule has 0 aromatic carbocycles. The molecule has 6 nitrogen and oxygen atoms in total. The normalized spacial score (nSPS) is 13.5. The van der Waals surface area contributed by atoms with E-state index in [9.17, 15) is 9.69 Å². The Kier molecular flexibility index (Phi) is 25.9. The lowest BCUT2D eigenvalue weighted by molar-refractivity contribution is -0.858. The summed E-state index contributed by atoms with van der Waals surface area (Å²) in [6, 6.07) is 0. The van der Waals surface area contributed by atoms with Gasteiger partial charge < -0.3 is 28.4 Å². The number of ether oxygens (including phenoxy) is 1. The number of quaternary nitrogens is 1. The Morgan fingerprint density at radius 1 is 0.765 bits per heavy atom. The van der Waals surface area contributed by atoms with Gasteiger partial charge >= 0.3 is 8.60 Å². The Bertz CT molecular complexity index is 439. The maximum Gasteiger partial charge on any atom is 0.330 e. The van der Waals surface area contributed by atoms with Crippen molar-refractivity contribution in [1.82, 2.24) is 0 Å². The predicted octanol–water partition coefficient (Wildman–Crippen LogP) is 5.87. The molecule has 0 fully saturated rings. The minimum absolute atomic E-state index is 0.0333. The average Bonchev–Trinajstić information content (AvgIpc) is 2.78. The fourth-order valence-corrected chi connectivity index (χ4v) is 4.59. The van der Waals surface area contributed by atoms with Gasteiger partial charge in [0.15, 0.2) is 0 Å². The van der Waals surface area contributed by atoms with Gasteiger partial charge in [-0.3, -0.25) is 0 Å². The van der Waals surface area contributed by atoms with Crippen LogP contribution < -0.4 is 4.90 Å². The maximum atomic E-state index is 11.5. The summed E-state index contributed by atoms with van der Waals surface area (Å²) >= 11 is 0. The van der Waals surface area contributed by atoms with Crippen LogP contribution in [-0.2, 0) is 18.6 Å². The first-order valence-corrected chi connectivity index (χ1v) is 15.2. The van der Waals surface area contributed by atoms with Crippen molar-refractivity contribution in [2.45, 2.75) is 117 Å². The number of carbonyl (C=O) groups excluding carboxylic acids is 1. The summed E-state index contributed by atoms with van der Waals surface area (Å²) in [5.74, 6) is 0.0811. The van der Waals surface area contributed by atoms with Gasteiger partial charge in [0.05, 0.1) is 27.3 Å². The van der Waals surface area contributed by atoms with E-state index in [0.29, 0.717) is 19.6 Å². The van der Waals surface area contributed by atoms with E-state index in [1.807, 2.05) is 14.1 Å². The molecule has 0 saturated carbocycles. The van der Waals surface area contributed by atoms with Crippen LogP contribution in [0.25, 0.3) is 0 Å². The van der Waals surface area contributed by atoms with Crippen LogP contribution in [-0.4, -0.2) is 57.7 Å². The highest BCUT2D eigenvalue weighted by atomic mass is 31.2. The summed E-state index contributed by atoms with van der Waals surface area (Å²) in [6.07, 6.45) is 20.7. The van der Waals surface area contributed by atoms with Crippen molar-refractivity contribution in [3.05, 3.63) is 0 Å². The summed E-state index contributed by atoms with van der Waals surface area (Å²) in [7, 11) is 2.17. The number of rotatable bonds is 27. The number of nitrogens with one attached hydrogen (secondary N) is 1. The van der Waals surface area contributed by atoms with E-state index >= 15 is 0 Å². The van der Waals surface area contributed by atoms with Gasteiger partial charge in [-0.15, -0.1) is 0 Å². The third-order valence-electron chi connectivity index (χ3n) is 6.05. The zero-order chi connectivity index (χ0) is 25.3. The molecule has 0 amide bonds. The summed E-state index contributed by atoms with van der Waals surface area (Å²) in [6.45, 7) is 6.62. The number of Topliss-reactive ketones (excluding diaryl/α,β-unsaturated/α-hetero) is 1.